The lowest BCUT2D eigenvalue weighted by atomic mass is 10.2. The molecule has 1 aromatic rings. The van der Waals surface area contributed by atoms with Crippen molar-refractivity contribution in [2.24, 2.45) is 0 Å². The van der Waals surface area contributed by atoms with Crippen LogP contribution < -0.4 is 4.90 Å². The Morgan fingerprint density at radius 2 is 2.46 bits per heavy atom. The van der Waals surface area contributed by atoms with Crippen molar-refractivity contribution in [1.29, 1.82) is 0 Å². The van der Waals surface area contributed by atoms with E-state index in [0.29, 0.717) is 18.8 Å². The molecular weight excluding hydrogens is 168 g/mol. The Morgan fingerprint density at radius 3 is 3.08 bits per heavy atom. The molecule has 0 saturated carbocycles. The van der Waals surface area contributed by atoms with Crippen molar-refractivity contribution in [3.8, 4) is 0 Å². The van der Waals surface area contributed by atoms with Gasteiger partial charge < -0.3 is 9.42 Å². The lowest BCUT2D eigenvalue weighted by Crippen LogP contribution is -2.27. The molecule has 0 saturated heterocycles. The molecule has 0 aliphatic carbocycles. The van der Waals surface area contributed by atoms with Gasteiger partial charge in [0.1, 0.15) is 0 Å². The molecule has 2 heterocycles. The number of aryl methyl sites for hydroxylation is 1. The van der Waals surface area contributed by atoms with Gasteiger partial charge in [0.05, 0.1) is 12.2 Å². The molecule has 4 heteroatoms. The van der Waals surface area contributed by atoms with E-state index in [1.165, 1.54) is 0 Å². The summed E-state index contributed by atoms with van der Waals surface area (Å²) in [5.41, 5.74) is 0.821. The second-order valence-corrected chi connectivity index (χ2v) is 3.06. The predicted octanol–water partition coefficient (Wildman–Crippen LogP) is 1.28. The quantitative estimate of drug-likeness (QED) is 0.649. The summed E-state index contributed by atoms with van der Waals surface area (Å²) in [5.74, 6) is 0.818. The van der Waals surface area contributed by atoms with Crippen molar-refractivity contribution in [2.75, 3.05) is 11.4 Å². The van der Waals surface area contributed by atoms with Gasteiger partial charge in [0.2, 0.25) is 5.88 Å². The fraction of sp³-hybridized carbons (Fsp3) is 0.333. The van der Waals surface area contributed by atoms with Crippen LogP contribution in [0.2, 0.25) is 0 Å². The maximum atomic E-state index is 11.1. The zero-order valence-corrected chi connectivity index (χ0v) is 7.36. The van der Waals surface area contributed by atoms with Crippen molar-refractivity contribution >= 4 is 11.7 Å². The van der Waals surface area contributed by atoms with Gasteiger partial charge in [-0.15, -0.1) is 0 Å². The van der Waals surface area contributed by atoms with Crippen molar-refractivity contribution in [1.82, 2.24) is 5.16 Å². The minimum absolute atomic E-state index is 0.191. The van der Waals surface area contributed by atoms with E-state index in [1.807, 2.05) is 25.3 Å². The molecular formula is C9H10N2O2. The molecule has 13 heavy (non-hydrogen) atoms. The van der Waals surface area contributed by atoms with E-state index in [4.69, 9.17) is 4.52 Å². The average molecular weight is 178 g/mol. The Bertz CT molecular complexity index is 354. The molecule has 0 aromatic carbocycles. The fourth-order valence-corrected chi connectivity index (χ4v) is 1.26. The molecule has 0 atom stereocenters. The van der Waals surface area contributed by atoms with Gasteiger partial charge in [0.15, 0.2) is 5.78 Å². The highest BCUT2D eigenvalue weighted by molar-refractivity contribution is 5.86. The van der Waals surface area contributed by atoms with E-state index in [9.17, 15) is 4.79 Å². The molecule has 0 fully saturated rings. The molecule has 68 valence electrons. The molecule has 0 N–H and O–H groups in total. The largest absolute Gasteiger partial charge is 0.338 e. The Hall–Kier alpha value is -1.58. The van der Waals surface area contributed by atoms with Gasteiger partial charge in [0.25, 0.3) is 0 Å². The lowest BCUT2D eigenvalue weighted by molar-refractivity contribution is -0.117. The van der Waals surface area contributed by atoms with Crippen LogP contribution in [0.5, 0.6) is 0 Å². The van der Waals surface area contributed by atoms with Crippen LogP contribution in [0.4, 0.5) is 5.88 Å². The number of carbonyl (C=O) groups excluding carboxylic acids is 1. The van der Waals surface area contributed by atoms with Crippen LogP contribution in [-0.2, 0) is 4.79 Å². The van der Waals surface area contributed by atoms with Crippen LogP contribution >= 0.6 is 0 Å². The van der Waals surface area contributed by atoms with Crippen LogP contribution in [0.15, 0.2) is 22.9 Å². The van der Waals surface area contributed by atoms with Gasteiger partial charge in [-0.2, -0.15) is 0 Å². The number of rotatable bonds is 1. The van der Waals surface area contributed by atoms with Gasteiger partial charge in [-0.1, -0.05) is 11.2 Å². The summed E-state index contributed by atoms with van der Waals surface area (Å²) >= 11 is 0. The third kappa shape index (κ3) is 1.61. The molecule has 1 aliphatic rings. The van der Waals surface area contributed by atoms with E-state index < -0.39 is 0 Å². The van der Waals surface area contributed by atoms with Crippen LogP contribution in [0.1, 0.15) is 12.1 Å². The Morgan fingerprint density at radius 1 is 1.62 bits per heavy atom. The van der Waals surface area contributed by atoms with E-state index in [2.05, 4.69) is 5.16 Å². The predicted molar refractivity (Wildman–Crippen MR) is 47.4 cm³/mol. The summed E-state index contributed by atoms with van der Waals surface area (Å²) in [6.45, 7) is 2.23. The van der Waals surface area contributed by atoms with Crippen LogP contribution in [-0.4, -0.2) is 17.5 Å². The summed E-state index contributed by atoms with van der Waals surface area (Å²) in [4.78, 5) is 12.9. The minimum Gasteiger partial charge on any atom is -0.338 e. The van der Waals surface area contributed by atoms with E-state index in [0.717, 1.165) is 5.69 Å². The maximum absolute atomic E-state index is 11.1. The second-order valence-electron chi connectivity index (χ2n) is 3.06. The van der Waals surface area contributed by atoms with Gasteiger partial charge >= 0.3 is 0 Å². The minimum atomic E-state index is 0.191. The van der Waals surface area contributed by atoms with Crippen LogP contribution in [0, 0.1) is 6.92 Å². The van der Waals surface area contributed by atoms with E-state index in [-0.39, 0.29) is 5.78 Å². The Balaban J connectivity index is 2.21. The summed E-state index contributed by atoms with van der Waals surface area (Å²) in [7, 11) is 0. The molecule has 0 spiro atoms. The molecule has 0 bridgehead atoms. The highest BCUT2D eigenvalue weighted by Crippen LogP contribution is 2.17. The molecule has 0 unspecified atom stereocenters. The number of carbonyl (C=O) groups is 1. The van der Waals surface area contributed by atoms with Crippen molar-refractivity contribution < 1.29 is 9.32 Å². The number of allylic oxidation sites excluding steroid dienone is 1. The van der Waals surface area contributed by atoms with Crippen molar-refractivity contribution in [3.05, 3.63) is 24.0 Å². The zero-order valence-electron chi connectivity index (χ0n) is 7.36. The summed E-state index contributed by atoms with van der Waals surface area (Å²) in [5, 5.41) is 3.75. The third-order valence-electron chi connectivity index (χ3n) is 1.88. The maximum Gasteiger partial charge on any atom is 0.231 e. The fourth-order valence-electron chi connectivity index (χ4n) is 1.26. The number of anilines is 1. The first-order chi connectivity index (χ1) is 6.25. The topological polar surface area (TPSA) is 46.3 Å². The first-order valence-corrected chi connectivity index (χ1v) is 4.14. The van der Waals surface area contributed by atoms with E-state index >= 15 is 0 Å². The van der Waals surface area contributed by atoms with Crippen LogP contribution in [0.3, 0.4) is 0 Å². The lowest BCUT2D eigenvalue weighted by Gasteiger charge is -2.18. The Labute approximate surface area is 75.8 Å². The monoisotopic (exact) mass is 178 g/mol. The normalized spacial score (nSPS) is 16.7. The number of aromatic nitrogens is 1. The van der Waals surface area contributed by atoms with Crippen molar-refractivity contribution in [2.45, 2.75) is 13.3 Å². The number of Topliss-reactive ketones (excluding diaryl/α,β-unsaturated/α-hetero) is 1. The Kier molecular flexibility index (Phi) is 1.88. The highest BCUT2D eigenvalue weighted by atomic mass is 16.5. The second kappa shape index (κ2) is 3.05. The van der Waals surface area contributed by atoms with Gasteiger partial charge in [-0.25, -0.2) is 0 Å². The summed E-state index contributed by atoms with van der Waals surface area (Å²) in [6.07, 6.45) is 4.19. The third-order valence-corrected chi connectivity index (χ3v) is 1.88. The number of hydrogen-bond acceptors (Lipinski definition) is 4. The molecule has 2 rings (SSSR count). The first kappa shape index (κ1) is 8.04. The number of nitrogens with zero attached hydrogens (tertiary/aromatic N) is 2. The van der Waals surface area contributed by atoms with Crippen molar-refractivity contribution in [3.63, 3.8) is 0 Å². The standard InChI is InChI=1S/C9H10N2O2/c1-7-5-9(13-10-7)11-4-2-3-8(12)6-11/h2,4-5H,3,6H2,1H3. The number of hydrogen-bond donors (Lipinski definition) is 0. The zero-order chi connectivity index (χ0) is 9.26. The van der Waals surface area contributed by atoms with Gasteiger partial charge in [0, 0.05) is 18.7 Å². The number of ketones is 1. The van der Waals surface area contributed by atoms with Gasteiger partial charge in [-0.05, 0) is 6.92 Å². The van der Waals surface area contributed by atoms with Gasteiger partial charge in [-0.3, -0.25) is 4.79 Å². The molecule has 1 aromatic heterocycles. The molecule has 0 amide bonds. The van der Waals surface area contributed by atoms with Crippen LogP contribution in [0.25, 0.3) is 0 Å². The highest BCUT2D eigenvalue weighted by Gasteiger charge is 2.15. The summed E-state index contributed by atoms with van der Waals surface area (Å²) < 4.78 is 5.02. The molecule has 4 nitrogen and oxygen atoms in total. The SMILES string of the molecule is Cc1cc(N2C=CCC(=O)C2)on1. The molecule has 0 radical (unpaired) electrons. The summed E-state index contributed by atoms with van der Waals surface area (Å²) in [6, 6.07) is 1.81. The smallest absolute Gasteiger partial charge is 0.231 e. The van der Waals surface area contributed by atoms with E-state index in [1.54, 1.807) is 4.90 Å². The molecule has 1 aliphatic heterocycles. The first-order valence-electron chi connectivity index (χ1n) is 4.14. The average Bonchev–Trinajstić information content (AvgIpc) is 2.52.